The highest BCUT2D eigenvalue weighted by molar-refractivity contribution is 5.82. The van der Waals surface area contributed by atoms with Crippen LogP contribution in [0.3, 0.4) is 0 Å². The normalized spacial score (nSPS) is 21.3. The van der Waals surface area contributed by atoms with Gasteiger partial charge in [0.25, 0.3) is 0 Å². The fourth-order valence-electron chi connectivity index (χ4n) is 2.28. The molecular formula is C14H28N2O2. The number of ketones is 1. The first-order valence-electron chi connectivity index (χ1n) is 6.96. The molecule has 0 amide bonds. The first kappa shape index (κ1) is 15.6. The Balaban J connectivity index is 2.45. The summed E-state index contributed by atoms with van der Waals surface area (Å²) >= 11 is 0. The van der Waals surface area contributed by atoms with Crippen LogP contribution >= 0.6 is 0 Å². The van der Waals surface area contributed by atoms with Crippen molar-refractivity contribution in [3.05, 3.63) is 0 Å². The molecule has 0 aromatic heterocycles. The summed E-state index contributed by atoms with van der Waals surface area (Å²) in [6.45, 7) is 9.63. The molecule has 0 saturated carbocycles. The van der Waals surface area contributed by atoms with Crippen LogP contribution in [0, 0.1) is 11.8 Å². The lowest BCUT2D eigenvalue weighted by Crippen LogP contribution is -2.42. The fourth-order valence-corrected chi connectivity index (χ4v) is 2.28. The second-order valence-electron chi connectivity index (χ2n) is 5.94. The van der Waals surface area contributed by atoms with E-state index in [2.05, 4.69) is 37.7 Å². The van der Waals surface area contributed by atoms with Gasteiger partial charge in [0.2, 0.25) is 0 Å². The van der Waals surface area contributed by atoms with Crippen molar-refractivity contribution in [1.82, 2.24) is 9.80 Å². The van der Waals surface area contributed by atoms with Gasteiger partial charge in [-0.25, -0.2) is 0 Å². The van der Waals surface area contributed by atoms with Gasteiger partial charge in [0, 0.05) is 32.6 Å². The van der Waals surface area contributed by atoms with E-state index in [1.807, 2.05) is 0 Å². The molecule has 1 fully saturated rings. The Morgan fingerprint density at radius 3 is 2.61 bits per heavy atom. The van der Waals surface area contributed by atoms with Gasteiger partial charge in [0.15, 0.2) is 0 Å². The molecule has 0 radical (unpaired) electrons. The lowest BCUT2D eigenvalue weighted by molar-refractivity contribution is -0.131. The van der Waals surface area contributed by atoms with E-state index >= 15 is 0 Å². The van der Waals surface area contributed by atoms with Crippen LogP contribution in [0.4, 0.5) is 0 Å². The Hall–Kier alpha value is -0.450. The molecule has 0 aliphatic carbocycles. The molecule has 0 bridgehead atoms. The Morgan fingerprint density at radius 2 is 2.06 bits per heavy atom. The standard InChI is InChI=1S/C14H28N2O2/c1-12(2)9-16(7-6-15(3)4)10-13-11-18-8-5-14(13)17/h12-13H,5-11H2,1-4H3. The monoisotopic (exact) mass is 256 g/mol. The summed E-state index contributed by atoms with van der Waals surface area (Å²) in [5.41, 5.74) is 0. The third-order valence-electron chi connectivity index (χ3n) is 3.23. The maximum Gasteiger partial charge on any atom is 0.141 e. The highest BCUT2D eigenvalue weighted by Gasteiger charge is 2.25. The summed E-state index contributed by atoms with van der Waals surface area (Å²) in [6.07, 6.45) is 0.591. The molecule has 0 aromatic rings. The molecule has 18 heavy (non-hydrogen) atoms. The summed E-state index contributed by atoms with van der Waals surface area (Å²) in [7, 11) is 4.17. The summed E-state index contributed by atoms with van der Waals surface area (Å²) in [4.78, 5) is 16.4. The van der Waals surface area contributed by atoms with Crippen LogP contribution in [0.2, 0.25) is 0 Å². The zero-order valence-corrected chi connectivity index (χ0v) is 12.3. The lowest BCUT2D eigenvalue weighted by atomic mass is 9.99. The van der Waals surface area contributed by atoms with Gasteiger partial charge >= 0.3 is 0 Å². The van der Waals surface area contributed by atoms with E-state index < -0.39 is 0 Å². The van der Waals surface area contributed by atoms with E-state index in [4.69, 9.17) is 4.74 Å². The summed E-state index contributed by atoms with van der Waals surface area (Å²) < 4.78 is 5.43. The van der Waals surface area contributed by atoms with Crippen molar-refractivity contribution in [2.45, 2.75) is 20.3 Å². The van der Waals surface area contributed by atoms with Gasteiger partial charge in [-0.05, 0) is 20.0 Å². The van der Waals surface area contributed by atoms with Crippen molar-refractivity contribution in [1.29, 1.82) is 0 Å². The highest BCUT2D eigenvalue weighted by atomic mass is 16.5. The van der Waals surface area contributed by atoms with Crippen molar-refractivity contribution in [2.24, 2.45) is 11.8 Å². The third-order valence-corrected chi connectivity index (χ3v) is 3.23. The number of carbonyl (C=O) groups is 1. The molecule has 0 N–H and O–H groups in total. The average Bonchev–Trinajstić information content (AvgIpc) is 2.28. The molecule has 1 unspecified atom stereocenters. The van der Waals surface area contributed by atoms with Gasteiger partial charge in [0.05, 0.1) is 19.1 Å². The molecule has 0 spiro atoms. The molecule has 4 heteroatoms. The SMILES string of the molecule is CC(C)CN(CCN(C)C)CC1COCCC1=O. The number of likely N-dealkylation sites (N-methyl/N-ethyl adjacent to an activating group) is 1. The molecule has 1 heterocycles. The van der Waals surface area contributed by atoms with Gasteiger partial charge in [-0.3, -0.25) is 4.79 Å². The number of rotatable bonds is 7. The van der Waals surface area contributed by atoms with E-state index in [0.29, 0.717) is 31.3 Å². The third kappa shape index (κ3) is 5.94. The van der Waals surface area contributed by atoms with Crippen molar-refractivity contribution in [2.75, 3.05) is 53.5 Å². The van der Waals surface area contributed by atoms with Crippen molar-refractivity contribution in [3.63, 3.8) is 0 Å². The summed E-state index contributed by atoms with van der Waals surface area (Å²) in [6, 6.07) is 0. The van der Waals surface area contributed by atoms with Gasteiger partial charge < -0.3 is 14.5 Å². The summed E-state index contributed by atoms with van der Waals surface area (Å²) in [5, 5.41) is 0. The Bertz CT molecular complexity index is 254. The predicted molar refractivity (Wildman–Crippen MR) is 73.8 cm³/mol. The lowest BCUT2D eigenvalue weighted by Gasteiger charge is -2.30. The maximum absolute atomic E-state index is 11.8. The first-order chi connectivity index (χ1) is 8.49. The average molecular weight is 256 g/mol. The van der Waals surface area contributed by atoms with Gasteiger partial charge in [-0.1, -0.05) is 13.8 Å². The van der Waals surface area contributed by atoms with Crippen LogP contribution in [-0.4, -0.2) is 69.1 Å². The van der Waals surface area contributed by atoms with E-state index in [1.54, 1.807) is 0 Å². The second kappa shape index (κ2) is 7.87. The molecular weight excluding hydrogens is 228 g/mol. The molecule has 1 aliphatic heterocycles. The number of carbonyl (C=O) groups excluding carboxylic acids is 1. The smallest absolute Gasteiger partial charge is 0.141 e. The first-order valence-corrected chi connectivity index (χ1v) is 6.96. The number of nitrogens with zero attached hydrogens (tertiary/aromatic N) is 2. The van der Waals surface area contributed by atoms with E-state index in [-0.39, 0.29) is 5.92 Å². The van der Waals surface area contributed by atoms with Gasteiger partial charge in [0.1, 0.15) is 5.78 Å². The number of Topliss-reactive ketones (excluding diaryl/α,β-unsaturated/α-hetero) is 1. The fraction of sp³-hybridized carbons (Fsp3) is 0.929. The Kier molecular flexibility index (Phi) is 6.82. The molecule has 1 rings (SSSR count). The maximum atomic E-state index is 11.8. The largest absolute Gasteiger partial charge is 0.380 e. The topological polar surface area (TPSA) is 32.8 Å². The Labute approximate surface area is 111 Å². The number of hydrogen-bond donors (Lipinski definition) is 0. The van der Waals surface area contributed by atoms with E-state index in [0.717, 1.165) is 26.2 Å². The minimum atomic E-state index is 0.0830. The van der Waals surface area contributed by atoms with Crippen molar-refractivity contribution in [3.8, 4) is 0 Å². The minimum Gasteiger partial charge on any atom is -0.380 e. The second-order valence-corrected chi connectivity index (χ2v) is 5.94. The van der Waals surface area contributed by atoms with E-state index in [1.165, 1.54) is 0 Å². The quantitative estimate of drug-likeness (QED) is 0.683. The molecule has 1 saturated heterocycles. The highest BCUT2D eigenvalue weighted by Crippen LogP contribution is 2.12. The molecule has 1 atom stereocenters. The van der Waals surface area contributed by atoms with Gasteiger partial charge in [-0.15, -0.1) is 0 Å². The van der Waals surface area contributed by atoms with Crippen LogP contribution in [0.1, 0.15) is 20.3 Å². The van der Waals surface area contributed by atoms with Crippen LogP contribution in [-0.2, 0) is 9.53 Å². The minimum absolute atomic E-state index is 0.0830. The summed E-state index contributed by atoms with van der Waals surface area (Å²) in [5.74, 6) is 1.09. The number of hydrogen-bond acceptors (Lipinski definition) is 4. The number of ether oxygens (including phenoxy) is 1. The van der Waals surface area contributed by atoms with Crippen LogP contribution in [0.15, 0.2) is 0 Å². The van der Waals surface area contributed by atoms with Crippen molar-refractivity contribution < 1.29 is 9.53 Å². The van der Waals surface area contributed by atoms with Crippen LogP contribution in [0.5, 0.6) is 0 Å². The molecule has 106 valence electrons. The zero-order valence-electron chi connectivity index (χ0n) is 12.3. The van der Waals surface area contributed by atoms with Crippen LogP contribution < -0.4 is 0 Å². The predicted octanol–water partition coefficient (Wildman–Crippen LogP) is 1.11. The molecule has 1 aliphatic rings. The van der Waals surface area contributed by atoms with Crippen molar-refractivity contribution >= 4 is 5.78 Å². The molecule has 0 aromatic carbocycles. The zero-order chi connectivity index (χ0) is 13.5. The molecule has 4 nitrogen and oxygen atoms in total. The van der Waals surface area contributed by atoms with Crippen LogP contribution in [0.25, 0.3) is 0 Å². The van der Waals surface area contributed by atoms with E-state index in [9.17, 15) is 4.79 Å². The van der Waals surface area contributed by atoms with Gasteiger partial charge in [-0.2, -0.15) is 0 Å². The Morgan fingerprint density at radius 1 is 1.33 bits per heavy atom.